The van der Waals surface area contributed by atoms with E-state index in [4.69, 9.17) is 16.6 Å². The molecule has 0 aliphatic carbocycles. The fourth-order valence-electron chi connectivity index (χ4n) is 4.75. The molecule has 0 saturated heterocycles. The Morgan fingerprint density at radius 3 is 2.69 bits per heavy atom. The molecule has 0 spiro atoms. The number of fused-ring (bicyclic) bond motifs is 2. The van der Waals surface area contributed by atoms with Crippen LogP contribution in [0.25, 0.3) is 10.9 Å². The topological polar surface area (TPSA) is 87.5 Å². The number of nitrogens with zero attached hydrogens (tertiary/aromatic N) is 3. The molecule has 4 aromatic rings. The van der Waals surface area contributed by atoms with E-state index in [0.717, 1.165) is 22.3 Å². The minimum Gasteiger partial charge on any atom is -0.478 e. The molecule has 0 fully saturated rings. The van der Waals surface area contributed by atoms with Gasteiger partial charge in [-0.2, -0.15) is 0 Å². The number of carbonyl (C=O) groups is 1. The third-order valence-electron chi connectivity index (χ3n) is 6.48. The zero-order valence-corrected chi connectivity index (χ0v) is 20.6. The van der Waals surface area contributed by atoms with E-state index in [9.17, 15) is 19.1 Å². The van der Waals surface area contributed by atoms with E-state index in [1.165, 1.54) is 18.2 Å². The lowest BCUT2D eigenvalue weighted by Crippen LogP contribution is -2.28. The van der Waals surface area contributed by atoms with Crippen LogP contribution in [-0.2, 0) is 26.6 Å². The van der Waals surface area contributed by atoms with Crippen LogP contribution in [0.4, 0.5) is 16.0 Å². The second-order valence-electron chi connectivity index (χ2n) is 9.04. The van der Waals surface area contributed by atoms with Crippen LogP contribution in [0.15, 0.2) is 53.3 Å². The van der Waals surface area contributed by atoms with E-state index in [1.807, 2.05) is 24.0 Å². The van der Waals surface area contributed by atoms with Crippen molar-refractivity contribution < 1.29 is 14.3 Å². The Morgan fingerprint density at radius 1 is 1.14 bits per heavy atom. The van der Waals surface area contributed by atoms with Crippen LogP contribution >= 0.6 is 11.6 Å². The SMILES string of the molecule is Cc1cc(CCNc2ccc(Cl)cc2C(=O)O)c2nc(N3Cc4ccc(F)cc4C3)n(C)c(=O)c2c1. The lowest BCUT2D eigenvalue weighted by Gasteiger charge is -2.21. The Morgan fingerprint density at radius 2 is 1.92 bits per heavy atom. The van der Waals surface area contributed by atoms with E-state index < -0.39 is 5.97 Å². The van der Waals surface area contributed by atoms with Gasteiger partial charge in [0, 0.05) is 37.4 Å². The van der Waals surface area contributed by atoms with Gasteiger partial charge in [-0.15, -0.1) is 0 Å². The number of benzene rings is 3. The molecule has 0 saturated carbocycles. The lowest BCUT2D eigenvalue weighted by molar-refractivity contribution is 0.0698. The van der Waals surface area contributed by atoms with E-state index in [0.29, 0.717) is 53.6 Å². The van der Waals surface area contributed by atoms with Gasteiger partial charge < -0.3 is 15.3 Å². The fraction of sp³-hybridized carbons (Fsp3) is 0.222. The molecule has 1 aliphatic heterocycles. The molecular weight excluding hydrogens is 483 g/mol. The van der Waals surface area contributed by atoms with Gasteiger partial charge in [-0.3, -0.25) is 9.36 Å². The van der Waals surface area contributed by atoms with Crippen molar-refractivity contribution in [2.75, 3.05) is 16.8 Å². The quantitative estimate of drug-likeness (QED) is 0.386. The average molecular weight is 507 g/mol. The van der Waals surface area contributed by atoms with E-state index in [1.54, 1.807) is 29.8 Å². The summed E-state index contributed by atoms with van der Waals surface area (Å²) in [4.78, 5) is 31.8. The number of nitrogens with one attached hydrogen (secondary N) is 1. The van der Waals surface area contributed by atoms with Crippen molar-refractivity contribution in [1.29, 1.82) is 0 Å². The summed E-state index contributed by atoms with van der Waals surface area (Å²) in [5.41, 5.74) is 4.73. The van der Waals surface area contributed by atoms with Gasteiger partial charge in [0.15, 0.2) is 0 Å². The molecule has 36 heavy (non-hydrogen) atoms. The van der Waals surface area contributed by atoms with Crippen molar-refractivity contribution >= 4 is 40.1 Å². The minimum atomic E-state index is -1.07. The second kappa shape index (κ2) is 9.28. The Labute approximate surface area is 211 Å². The van der Waals surface area contributed by atoms with Crippen molar-refractivity contribution in [3.8, 4) is 0 Å². The number of aromatic nitrogens is 2. The molecule has 1 aromatic heterocycles. The predicted molar refractivity (Wildman–Crippen MR) is 139 cm³/mol. The molecule has 0 radical (unpaired) electrons. The summed E-state index contributed by atoms with van der Waals surface area (Å²) in [6, 6.07) is 13.3. The summed E-state index contributed by atoms with van der Waals surface area (Å²) < 4.78 is 15.3. The normalized spacial score (nSPS) is 12.7. The molecule has 0 atom stereocenters. The summed E-state index contributed by atoms with van der Waals surface area (Å²) in [7, 11) is 1.70. The zero-order valence-electron chi connectivity index (χ0n) is 19.8. The van der Waals surface area contributed by atoms with Crippen LogP contribution in [0.1, 0.15) is 32.6 Å². The highest BCUT2D eigenvalue weighted by Gasteiger charge is 2.24. The molecule has 5 rings (SSSR count). The largest absolute Gasteiger partial charge is 0.478 e. The first-order valence-electron chi connectivity index (χ1n) is 11.5. The summed E-state index contributed by atoms with van der Waals surface area (Å²) in [6.07, 6.45) is 0.519. The van der Waals surface area contributed by atoms with Crippen molar-refractivity contribution in [3.05, 3.63) is 97.5 Å². The summed E-state index contributed by atoms with van der Waals surface area (Å²) in [5.74, 6) is -0.830. The molecular formula is C27H24ClFN4O3. The molecule has 2 N–H and O–H groups in total. The van der Waals surface area contributed by atoms with Crippen molar-refractivity contribution in [2.24, 2.45) is 7.05 Å². The number of aromatic carboxylic acids is 1. The zero-order chi connectivity index (χ0) is 25.6. The second-order valence-corrected chi connectivity index (χ2v) is 9.47. The molecule has 1 aliphatic rings. The minimum absolute atomic E-state index is 0.0934. The van der Waals surface area contributed by atoms with Gasteiger partial charge in [0.1, 0.15) is 5.82 Å². The molecule has 184 valence electrons. The average Bonchev–Trinajstić information content (AvgIpc) is 3.25. The highest BCUT2D eigenvalue weighted by atomic mass is 35.5. The van der Waals surface area contributed by atoms with Crippen molar-refractivity contribution in [2.45, 2.75) is 26.4 Å². The molecule has 2 heterocycles. The molecule has 0 bridgehead atoms. The number of carboxylic acids is 1. The van der Waals surface area contributed by atoms with Crippen molar-refractivity contribution in [3.63, 3.8) is 0 Å². The number of hydrogen-bond acceptors (Lipinski definition) is 5. The maximum absolute atomic E-state index is 13.7. The number of hydrogen-bond donors (Lipinski definition) is 2. The van der Waals surface area contributed by atoms with Crippen LogP contribution in [0.2, 0.25) is 5.02 Å². The van der Waals surface area contributed by atoms with Crippen LogP contribution in [0.3, 0.4) is 0 Å². The Bertz CT molecular complexity index is 1580. The first kappa shape index (κ1) is 23.8. The summed E-state index contributed by atoms with van der Waals surface area (Å²) in [6.45, 7) is 3.37. The van der Waals surface area contributed by atoms with E-state index >= 15 is 0 Å². The third kappa shape index (κ3) is 4.40. The number of rotatable bonds is 6. The Balaban J connectivity index is 1.47. The van der Waals surface area contributed by atoms with Gasteiger partial charge >= 0.3 is 5.97 Å². The van der Waals surface area contributed by atoms with Crippen LogP contribution in [-0.4, -0.2) is 27.2 Å². The van der Waals surface area contributed by atoms with E-state index in [-0.39, 0.29) is 16.9 Å². The van der Waals surface area contributed by atoms with Gasteiger partial charge in [-0.25, -0.2) is 14.2 Å². The van der Waals surface area contributed by atoms with Gasteiger partial charge in [-0.1, -0.05) is 23.7 Å². The van der Waals surface area contributed by atoms with Crippen LogP contribution in [0.5, 0.6) is 0 Å². The smallest absolute Gasteiger partial charge is 0.337 e. The number of anilines is 2. The van der Waals surface area contributed by atoms with Gasteiger partial charge in [0.05, 0.1) is 16.5 Å². The summed E-state index contributed by atoms with van der Waals surface area (Å²) >= 11 is 5.95. The number of aryl methyl sites for hydroxylation is 1. The van der Waals surface area contributed by atoms with Gasteiger partial charge in [0.25, 0.3) is 5.56 Å². The number of carboxylic acid groups (broad SMARTS) is 1. The first-order chi connectivity index (χ1) is 17.2. The first-order valence-corrected chi connectivity index (χ1v) is 11.9. The standard InChI is InChI=1S/C27H24ClFN4O3/c1-15-9-16(7-8-30-23-6-4-19(28)12-21(23)26(35)36)24-22(10-15)25(34)32(2)27(31-24)33-13-17-3-5-20(29)11-18(17)14-33/h3-6,9-12,30H,7-8,13-14H2,1-2H3,(H,35,36). The van der Waals surface area contributed by atoms with Crippen LogP contribution in [0, 0.1) is 12.7 Å². The highest BCUT2D eigenvalue weighted by molar-refractivity contribution is 6.31. The van der Waals surface area contributed by atoms with Gasteiger partial charge in [0.2, 0.25) is 5.95 Å². The molecule has 3 aromatic carbocycles. The predicted octanol–water partition coefficient (Wildman–Crippen LogP) is 4.91. The fourth-order valence-corrected chi connectivity index (χ4v) is 4.92. The number of halogens is 2. The van der Waals surface area contributed by atoms with Crippen LogP contribution < -0.4 is 15.8 Å². The highest BCUT2D eigenvalue weighted by Crippen LogP contribution is 2.29. The maximum Gasteiger partial charge on any atom is 0.337 e. The Kier molecular flexibility index (Phi) is 6.14. The molecule has 0 unspecified atom stereocenters. The molecule has 9 heteroatoms. The summed E-state index contributed by atoms with van der Waals surface area (Å²) in [5, 5.41) is 13.5. The monoisotopic (exact) mass is 506 g/mol. The van der Waals surface area contributed by atoms with Gasteiger partial charge in [-0.05, 0) is 72.0 Å². The maximum atomic E-state index is 13.7. The molecule has 0 amide bonds. The van der Waals surface area contributed by atoms with Crippen molar-refractivity contribution in [1.82, 2.24) is 9.55 Å². The third-order valence-corrected chi connectivity index (χ3v) is 6.71. The molecule has 7 nitrogen and oxygen atoms in total. The lowest BCUT2D eigenvalue weighted by atomic mass is 10.0. The van der Waals surface area contributed by atoms with E-state index in [2.05, 4.69) is 5.32 Å². The Hall–Kier alpha value is -3.91.